The third kappa shape index (κ3) is 1.39. The first kappa shape index (κ1) is 9.34. The van der Waals surface area contributed by atoms with Crippen LogP contribution in [0.4, 0.5) is 0 Å². The summed E-state index contributed by atoms with van der Waals surface area (Å²) in [5, 5.41) is 36.2. The van der Waals surface area contributed by atoms with Crippen molar-refractivity contribution in [1.82, 2.24) is 0 Å². The van der Waals surface area contributed by atoms with Crippen molar-refractivity contribution in [2.45, 2.75) is 24.4 Å². The summed E-state index contributed by atoms with van der Waals surface area (Å²) < 4.78 is 0. The highest BCUT2D eigenvalue weighted by molar-refractivity contribution is 5.75. The molecular weight excluding hydrogens is 164 g/mol. The molecule has 1 aliphatic carbocycles. The van der Waals surface area contributed by atoms with E-state index < -0.39 is 24.4 Å². The molecule has 4 N–H and O–H groups in total. The second kappa shape index (κ2) is 3.32. The Hall–Kier alpha value is -0.750. The number of hydrogen-bond acceptors (Lipinski definition) is 5. The summed E-state index contributed by atoms with van der Waals surface area (Å²) in [6, 6.07) is 0. The van der Waals surface area contributed by atoms with Crippen molar-refractivity contribution in [2.24, 2.45) is 0 Å². The van der Waals surface area contributed by atoms with E-state index in [1.807, 2.05) is 0 Å². The van der Waals surface area contributed by atoms with Gasteiger partial charge in [0.05, 0.1) is 0 Å². The van der Waals surface area contributed by atoms with E-state index in [2.05, 4.69) is 0 Å². The number of hydrogen-bond donors (Lipinski definition) is 4. The number of rotatable bonds is 1. The summed E-state index contributed by atoms with van der Waals surface area (Å²) in [5.74, 6) is 0. The van der Waals surface area contributed by atoms with Crippen LogP contribution in [0.5, 0.6) is 0 Å². The molecule has 0 fully saturated rings. The Morgan fingerprint density at radius 1 is 1.17 bits per heavy atom. The molecule has 0 aromatic heterocycles. The molecule has 1 rings (SSSR count). The van der Waals surface area contributed by atoms with Gasteiger partial charge in [-0.1, -0.05) is 0 Å². The maximum absolute atomic E-state index is 10.2. The zero-order valence-corrected chi connectivity index (χ0v) is 6.16. The average molecular weight is 174 g/mol. The van der Waals surface area contributed by atoms with Crippen LogP contribution >= 0.6 is 0 Å². The molecule has 5 nitrogen and oxygen atoms in total. The Morgan fingerprint density at radius 3 is 2.25 bits per heavy atom. The highest BCUT2D eigenvalue weighted by atomic mass is 16.4. The molecule has 0 heterocycles. The van der Waals surface area contributed by atoms with Crippen molar-refractivity contribution in [3.63, 3.8) is 0 Å². The van der Waals surface area contributed by atoms with Crippen LogP contribution in [0.15, 0.2) is 11.6 Å². The largest absolute Gasteiger partial charge is 0.387 e. The molecule has 12 heavy (non-hydrogen) atoms. The van der Waals surface area contributed by atoms with Gasteiger partial charge in [0.15, 0.2) is 0 Å². The maximum atomic E-state index is 10.2. The van der Waals surface area contributed by atoms with E-state index in [-0.39, 0.29) is 5.57 Å². The summed E-state index contributed by atoms with van der Waals surface area (Å²) in [7, 11) is 0. The number of aliphatic hydroxyl groups excluding tert-OH is 4. The van der Waals surface area contributed by atoms with E-state index >= 15 is 0 Å². The van der Waals surface area contributed by atoms with Gasteiger partial charge in [-0.05, 0) is 6.08 Å². The molecule has 0 aromatic rings. The summed E-state index contributed by atoms with van der Waals surface area (Å²) in [5.41, 5.74) is -0.111. The van der Waals surface area contributed by atoms with Gasteiger partial charge in [-0.3, -0.25) is 4.79 Å². The smallest absolute Gasteiger partial charge is 0.148 e. The lowest BCUT2D eigenvalue weighted by molar-refractivity contribution is -0.113. The third-order valence-corrected chi connectivity index (χ3v) is 1.86. The molecule has 5 heteroatoms. The molecule has 0 amide bonds. The summed E-state index contributed by atoms with van der Waals surface area (Å²) in [6.45, 7) is 0. The molecule has 0 saturated carbocycles. The highest BCUT2D eigenvalue weighted by Gasteiger charge is 2.36. The highest BCUT2D eigenvalue weighted by Crippen LogP contribution is 2.18. The van der Waals surface area contributed by atoms with Gasteiger partial charge in [-0.15, -0.1) is 0 Å². The molecule has 4 unspecified atom stereocenters. The van der Waals surface area contributed by atoms with Crippen LogP contribution in [0.3, 0.4) is 0 Å². The predicted molar refractivity (Wildman–Crippen MR) is 38.2 cm³/mol. The van der Waals surface area contributed by atoms with Gasteiger partial charge < -0.3 is 20.4 Å². The number of aldehydes is 1. The summed E-state index contributed by atoms with van der Waals surface area (Å²) in [4.78, 5) is 10.2. The second-order valence-corrected chi connectivity index (χ2v) is 2.70. The van der Waals surface area contributed by atoms with Crippen LogP contribution in [0.25, 0.3) is 0 Å². The van der Waals surface area contributed by atoms with Crippen LogP contribution in [-0.4, -0.2) is 51.1 Å². The SMILES string of the molecule is O=CC1=CC(O)C(O)C(O)C1O. The fourth-order valence-electron chi connectivity index (χ4n) is 1.09. The lowest BCUT2D eigenvalue weighted by Crippen LogP contribution is -2.48. The minimum absolute atomic E-state index is 0.111. The van der Waals surface area contributed by atoms with Crippen LogP contribution in [0, 0.1) is 0 Å². The molecule has 0 radical (unpaired) electrons. The summed E-state index contributed by atoms with van der Waals surface area (Å²) in [6.07, 6.45) is -4.31. The van der Waals surface area contributed by atoms with Crippen molar-refractivity contribution in [2.75, 3.05) is 0 Å². The minimum atomic E-state index is -1.51. The molecule has 1 aliphatic rings. The Morgan fingerprint density at radius 2 is 1.75 bits per heavy atom. The Kier molecular flexibility index (Phi) is 2.58. The third-order valence-electron chi connectivity index (χ3n) is 1.86. The van der Waals surface area contributed by atoms with Crippen LogP contribution in [0.1, 0.15) is 0 Å². The van der Waals surface area contributed by atoms with E-state index in [0.29, 0.717) is 6.29 Å². The Balaban J connectivity index is 2.91. The van der Waals surface area contributed by atoms with Crippen molar-refractivity contribution < 1.29 is 25.2 Å². The first-order valence-corrected chi connectivity index (χ1v) is 3.47. The first-order chi connectivity index (χ1) is 5.57. The Bertz CT molecular complexity index is 212. The monoisotopic (exact) mass is 174 g/mol. The molecule has 0 bridgehead atoms. The zero-order valence-electron chi connectivity index (χ0n) is 6.16. The fourth-order valence-corrected chi connectivity index (χ4v) is 1.09. The second-order valence-electron chi connectivity index (χ2n) is 2.70. The number of carbonyl (C=O) groups is 1. The van der Waals surface area contributed by atoms with Gasteiger partial charge >= 0.3 is 0 Å². The van der Waals surface area contributed by atoms with Crippen LogP contribution < -0.4 is 0 Å². The molecule has 68 valence electrons. The van der Waals surface area contributed by atoms with Gasteiger partial charge in [-0.2, -0.15) is 0 Å². The average Bonchev–Trinajstić information content (AvgIpc) is 2.08. The predicted octanol–water partition coefficient (Wildman–Crippen LogP) is -2.43. The van der Waals surface area contributed by atoms with E-state index in [1.165, 1.54) is 0 Å². The van der Waals surface area contributed by atoms with Crippen molar-refractivity contribution in [1.29, 1.82) is 0 Å². The van der Waals surface area contributed by atoms with E-state index in [1.54, 1.807) is 0 Å². The number of carbonyl (C=O) groups excluding carboxylic acids is 1. The minimum Gasteiger partial charge on any atom is -0.387 e. The molecule has 0 aromatic carbocycles. The lowest BCUT2D eigenvalue weighted by Gasteiger charge is -2.30. The first-order valence-electron chi connectivity index (χ1n) is 3.47. The van der Waals surface area contributed by atoms with Gasteiger partial charge in [0.2, 0.25) is 0 Å². The van der Waals surface area contributed by atoms with Crippen LogP contribution in [-0.2, 0) is 4.79 Å². The quantitative estimate of drug-likeness (QED) is 0.331. The van der Waals surface area contributed by atoms with Gasteiger partial charge in [0.25, 0.3) is 0 Å². The van der Waals surface area contributed by atoms with Gasteiger partial charge in [-0.25, -0.2) is 0 Å². The van der Waals surface area contributed by atoms with Gasteiger partial charge in [0.1, 0.15) is 30.7 Å². The van der Waals surface area contributed by atoms with Crippen LogP contribution in [0.2, 0.25) is 0 Å². The van der Waals surface area contributed by atoms with Gasteiger partial charge in [0, 0.05) is 5.57 Å². The standard InChI is InChI=1S/C7H10O5/c8-2-3-1-4(9)6(11)7(12)5(3)10/h1-2,4-7,9-12H. The molecule has 0 spiro atoms. The van der Waals surface area contributed by atoms with Crippen molar-refractivity contribution >= 4 is 6.29 Å². The molecule has 4 atom stereocenters. The zero-order chi connectivity index (χ0) is 9.30. The molecule has 0 aliphatic heterocycles. The lowest BCUT2D eigenvalue weighted by atomic mass is 9.90. The Labute approximate surface area is 68.6 Å². The van der Waals surface area contributed by atoms with Crippen molar-refractivity contribution in [3.05, 3.63) is 11.6 Å². The van der Waals surface area contributed by atoms with Crippen molar-refractivity contribution in [3.8, 4) is 0 Å². The molecular formula is C7H10O5. The summed E-state index contributed by atoms with van der Waals surface area (Å²) >= 11 is 0. The molecule has 0 saturated heterocycles. The van der Waals surface area contributed by atoms with E-state index in [4.69, 9.17) is 20.4 Å². The topological polar surface area (TPSA) is 98.0 Å². The normalized spacial score (nSPS) is 42.2. The van der Waals surface area contributed by atoms with E-state index in [9.17, 15) is 4.79 Å². The number of aliphatic hydroxyl groups is 4. The fraction of sp³-hybridized carbons (Fsp3) is 0.571. The maximum Gasteiger partial charge on any atom is 0.148 e. The van der Waals surface area contributed by atoms with E-state index in [0.717, 1.165) is 6.08 Å².